The van der Waals surface area contributed by atoms with Gasteiger partial charge in [0.25, 0.3) is 0 Å². The standard InChI is InChI=1S/C34H49N5O3/c1-4-28-29(8-6-9-30(28)36(3)31-10-11-32(40)35-33(31)41)25-13-20-37(21-14-25)26-15-22-38(23-16-26)42-24-27-12-18-34(5-2)17-7-19-39(27)34/h1,6,8-9,25-27,31H,5,7,10-24H2,2-3H3,(H,35,40,41)/t27-,31?,34-/m0/s1. The van der Waals surface area contributed by atoms with Crippen molar-refractivity contribution < 1.29 is 14.4 Å². The predicted molar refractivity (Wildman–Crippen MR) is 165 cm³/mol. The van der Waals surface area contributed by atoms with Gasteiger partial charge in [-0.2, -0.15) is 5.06 Å². The molecule has 1 unspecified atom stereocenters. The highest BCUT2D eigenvalue weighted by molar-refractivity contribution is 6.01. The molecule has 0 spiro atoms. The molecule has 8 nitrogen and oxygen atoms in total. The molecule has 1 aromatic rings. The Labute approximate surface area is 252 Å². The lowest BCUT2D eigenvalue weighted by Gasteiger charge is -2.42. The van der Waals surface area contributed by atoms with Gasteiger partial charge < -0.3 is 9.80 Å². The van der Waals surface area contributed by atoms with Crippen LogP contribution < -0.4 is 10.2 Å². The van der Waals surface area contributed by atoms with E-state index in [1.807, 2.05) is 18.0 Å². The van der Waals surface area contributed by atoms with Crippen LogP contribution in [0.25, 0.3) is 0 Å². The van der Waals surface area contributed by atoms with Gasteiger partial charge in [-0.25, -0.2) is 0 Å². The van der Waals surface area contributed by atoms with Gasteiger partial charge in [-0.15, -0.1) is 6.42 Å². The zero-order valence-corrected chi connectivity index (χ0v) is 25.7. The SMILES string of the molecule is C#Cc1c(C2CCN(C3CCN(OC[C@@H]4CC[C@]5(CC)CCCN45)CC3)CC2)cccc1N(C)C1CCC(=O)NC1=O. The van der Waals surface area contributed by atoms with Crippen molar-refractivity contribution in [1.82, 2.24) is 20.2 Å². The van der Waals surface area contributed by atoms with Crippen LogP contribution in [-0.2, 0) is 14.4 Å². The molecule has 0 aliphatic carbocycles. The number of carbonyl (C=O) groups is 2. The van der Waals surface area contributed by atoms with Crippen molar-refractivity contribution in [3.63, 3.8) is 0 Å². The number of nitrogens with one attached hydrogen (secondary N) is 1. The minimum Gasteiger partial charge on any atom is -0.362 e. The molecule has 228 valence electrons. The second kappa shape index (κ2) is 12.7. The van der Waals surface area contributed by atoms with Gasteiger partial charge in [0.15, 0.2) is 0 Å². The Hall–Kier alpha value is -2.44. The van der Waals surface area contributed by atoms with Gasteiger partial charge in [-0.05, 0) is 101 Å². The summed E-state index contributed by atoms with van der Waals surface area (Å²) in [6.07, 6.45) is 18.1. The quantitative estimate of drug-likeness (QED) is 0.373. The number of imide groups is 1. The van der Waals surface area contributed by atoms with E-state index in [0.717, 1.165) is 56.9 Å². The Balaban J connectivity index is 0.992. The Morgan fingerprint density at radius 1 is 1.05 bits per heavy atom. The number of piperidine rings is 3. The van der Waals surface area contributed by atoms with Crippen molar-refractivity contribution in [2.24, 2.45) is 0 Å². The molecule has 42 heavy (non-hydrogen) atoms. The van der Waals surface area contributed by atoms with Crippen LogP contribution in [-0.4, -0.2) is 96.7 Å². The van der Waals surface area contributed by atoms with Crippen molar-refractivity contribution in [1.29, 1.82) is 0 Å². The Morgan fingerprint density at radius 3 is 2.55 bits per heavy atom. The van der Waals surface area contributed by atoms with Crippen molar-refractivity contribution >= 4 is 17.5 Å². The summed E-state index contributed by atoms with van der Waals surface area (Å²) in [7, 11) is 1.91. The lowest BCUT2D eigenvalue weighted by Crippen LogP contribution is -2.51. The number of benzene rings is 1. The average molecular weight is 576 g/mol. The maximum atomic E-state index is 12.5. The molecule has 5 saturated heterocycles. The Morgan fingerprint density at radius 2 is 1.83 bits per heavy atom. The van der Waals surface area contributed by atoms with Gasteiger partial charge in [-0.1, -0.05) is 25.0 Å². The number of fused-ring (bicyclic) bond motifs is 1. The highest BCUT2D eigenvalue weighted by atomic mass is 16.7. The van der Waals surface area contributed by atoms with E-state index in [4.69, 9.17) is 11.3 Å². The molecule has 8 heteroatoms. The topological polar surface area (TPSA) is 68.4 Å². The van der Waals surface area contributed by atoms with Crippen LogP contribution in [0.5, 0.6) is 0 Å². The summed E-state index contributed by atoms with van der Waals surface area (Å²) in [4.78, 5) is 38.0. The van der Waals surface area contributed by atoms with E-state index >= 15 is 0 Å². The van der Waals surface area contributed by atoms with Crippen molar-refractivity contribution in [3.05, 3.63) is 29.3 Å². The number of anilines is 1. The normalized spacial score (nSPS) is 30.3. The summed E-state index contributed by atoms with van der Waals surface area (Å²) < 4.78 is 0. The van der Waals surface area contributed by atoms with Gasteiger partial charge in [0.2, 0.25) is 11.8 Å². The van der Waals surface area contributed by atoms with Crippen LogP contribution in [0, 0.1) is 12.3 Å². The van der Waals surface area contributed by atoms with Crippen LogP contribution >= 0.6 is 0 Å². The van der Waals surface area contributed by atoms with Crippen LogP contribution in [0.15, 0.2) is 18.2 Å². The minimum absolute atomic E-state index is 0.199. The fourth-order valence-corrected chi connectivity index (χ4v) is 8.79. The second-order valence-corrected chi connectivity index (χ2v) is 13.3. The van der Waals surface area contributed by atoms with Gasteiger partial charge in [0.1, 0.15) is 6.04 Å². The van der Waals surface area contributed by atoms with Crippen molar-refractivity contribution in [3.8, 4) is 12.3 Å². The molecule has 3 atom stereocenters. The van der Waals surface area contributed by atoms with Crippen LogP contribution in [0.3, 0.4) is 0 Å². The van der Waals surface area contributed by atoms with Crippen LogP contribution in [0.1, 0.15) is 94.6 Å². The molecule has 6 rings (SSSR count). The molecule has 1 aromatic carbocycles. The number of rotatable bonds is 8. The molecule has 1 N–H and O–H groups in total. The molecule has 5 heterocycles. The monoisotopic (exact) mass is 575 g/mol. The van der Waals surface area contributed by atoms with Gasteiger partial charge in [-0.3, -0.25) is 24.6 Å². The molecule has 0 aromatic heterocycles. The smallest absolute Gasteiger partial charge is 0.249 e. The number of nitrogens with zero attached hydrogens (tertiary/aromatic N) is 4. The number of likely N-dealkylation sites (N-methyl/N-ethyl adjacent to an activating group) is 1. The molecule has 5 aliphatic rings. The summed E-state index contributed by atoms with van der Waals surface area (Å²) in [5.74, 6) is 2.93. The highest BCUT2D eigenvalue weighted by Crippen LogP contribution is 2.44. The number of carbonyl (C=O) groups excluding carboxylic acids is 2. The summed E-state index contributed by atoms with van der Waals surface area (Å²) in [5.41, 5.74) is 3.48. The maximum Gasteiger partial charge on any atom is 0.249 e. The maximum absolute atomic E-state index is 12.5. The fourth-order valence-electron chi connectivity index (χ4n) is 8.79. The zero-order valence-electron chi connectivity index (χ0n) is 25.7. The number of hydrogen-bond donors (Lipinski definition) is 1. The first kappa shape index (κ1) is 29.6. The summed E-state index contributed by atoms with van der Waals surface area (Å²) in [5, 5.41) is 4.72. The predicted octanol–water partition coefficient (Wildman–Crippen LogP) is 3.89. The molecule has 5 fully saturated rings. The van der Waals surface area contributed by atoms with E-state index in [9.17, 15) is 9.59 Å². The third-order valence-corrected chi connectivity index (χ3v) is 11.3. The van der Waals surface area contributed by atoms with Crippen LogP contribution in [0.4, 0.5) is 5.69 Å². The third-order valence-electron chi connectivity index (χ3n) is 11.3. The molecule has 5 aliphatic heterocycles. The third kappa shape index (κ3) is 5.74. The Bertz CT molecular complexity index is 1180. The summed E-state index contributed by atoms with van der Waals surface area (Å²) in [6.45, 7) is 8.69. The number of hydrogen-bond acceptors (Lipinski definition) is 7. The summed E-state index contributed by atoms with van der Waals surface area (Å²) in [6, 6.07) is 7.08. The number of likely N-dealkylation sites (tertiary alicyclic amines) is 1. The molecule has 0 saturated carbocycles. The Kier molecular flexibility index (Phi) is 8.93. The largest absolute Gasteiger partial charge is 0.362 e. The number of amides is 2. The van der Waals surface area contributed by atoms with Crippen LogP contribution in [0.2, 0.25) is 0 Å². The van der Waals surface area contributed by atoms with E-state index < -0.39 is 0 Å². The molecule has 0 bridgehead atoms. The van der Waals surface area contributed by atoms with Crippen molar-refractivity contribution in [2.45, 2.75) is 107 Å². The fraction of sp³-hybridized carbons (Fsp3) is 0.706. The first-order chi connectivity index (χ1) is 20.4. The lowest BCUT2D eigenvalue weighted by molar-refractivity contribution is -0.186. The lowest BCUT2D eigenvalue weighted by atomic mass is 9.84. The number of terminal acetylenes is 1. The molecule has 2 amide bonds. The van der Waals surface area contributed by atoms with E-state index in [1.54, 1.807) is 0 Å². The van der Waals surface area contributed by atoms with Gasteiger partial charge in [0.05, 0.1) is 17.9 Å². The average Bonchev–Trinajstić information content (AvgIpc) is 3.59. The first-order valence-corrected chi connectivity index (χ1v) is 16.5. The van der Waals surface area contributed by atoms with E-state index in [0.29, 0.717) is 36.4 Å². The molecule has 0 radical (unpaired) electrons. The minimum atomic E-state index is -0.384. The second-order valence-electron chi connectivity index (χ2n) is 13.3. The molecular formula is C34H49N5O3. The van der Waals surface area contributed by atoms with Gasteiger partial charge >= 0.3 is 0 Å². The van der Waals surface area contributed by atoms with E-state index in [1.165, 1.54) is 57.1 Å². The van der Waals surface area contributed by atoms with Gasteiger partial charge in [0, 0.05) is 44.2 Å². The number of hydroxylamine groups is 2. The first-order valence-electron chi connectivity index (χ1n) is 16.5. The summed E-state index contributed by atoms with van der Waals surface area (Å²) >= 11 is 0. The zero-order chi connectivity index (χ0) is 29.3. The van der Waals surface area contributed by atoms with E-state index in [-0.39, 0.29) is 17.9 Å². The molecular weight excluding hydrogens is 526 g/mol. The highest BCUT2D eigenvalue weighted by Gasteiger charge is 2.48. The van der Waals surface area contributed by atoms with Crippen molar-refractivity contribution in [2.75, 3.05) is 51.3 Å². The van der Waals surface area contributed by atoms with E-state index in [2.05, 4.69) is 45.2 Å².